The van der Waals surface area contributed by atoms with Gasteiger partial charge < -0.3 is 5.73 Å². The van der Waals surface area contributed by atoms with Crippen LogP contribution in [0, 0.1) is 0 Å². The molecule has 0 aliphatic rings. The van der Waals surface area contributed by atoms with Gasteiger partial charge in [0.1, 0.15) is 0 Å². The van der Waals surface area contributed by atoms with Gasteiger partial charge in [-0.3, -0.25) is 0 Å². The van der Waals surface area contributed by atoms with E-state index in [9.17, 15) is 30.4 Å². The molecule has 0 aromatic carbocycles. The van der Waals surface area contributed by atoms with E-state index in [0.29, 0.717) is 6.07 Å². The molecule has 0 amide bonds. The topological polar surface area (TPSA) is 73.1 Å². The highest BCUT2D eigenvalue weighted by molar-refractivity contribution is 8.13. The van der Waals surface area contributed by atoms with Crippen molar-refractivity contribution in [3.05, 3.63) is 22.9 Å². The maximum atomic E-state index is 12.7. The summed E-state index contributed by atoms with van der Waals surface area (Å²) in [6.45, 7) is -0.718. The zero-order valence-electron chi connectivity index (χ0n) is 8.88. The van der Waals surface area contributed by atoms with E-state index in [4.69, 9.17) is 16.4 Å². The number of halogens is 6. The van der Waals surface area contributed by atoms with Crippen LogP contribution in [-0.2, 0) is 21.8 Å². The molecule has 1 aromatic heterocycles. The van der Waals surface area contributed by atoms with Gasteiger partial charge in [-0.05, 0) is 11.6 Å². The van der Waals surface area contributed by atoms with E-state index in [0.717, 1.165) is 0 Å². The summed E-state index contributed by atoms with van der Waals surface area (Å²) in [4.78, 5) is 2.66. The number of rotatable bonds is 3. The number of hydrogen-bond acceptors (Lipinski definition) is 4. The molecule has 0 aliphatic heterocycles. The highest BCUT2D eigenvalue weighted by atomic mass is 35.7. The summed E-state index contributed by atoms with van der Waals surface area (Å²) in [5.41, 5.74) is 0.908. The van der Waals surface area contributed by atoms with Crippen LogP contribution in [0.2, 0.25) is 0 Å². The minimum absolute atomic E-state index is 0.499. The predicted molar refractivity (Wildman–Crippen MR) is 55.1 cm³/mol. The third kappa shape index (κ3) is 3.51. The van der Waals surface area contributed by atoms with Gasteiger partial charge in [0.25, 0.3) is 15.5 Å². The minimum Gasteiger partial charge on any atom is -0.326 e. The van der Waals surface area contributed by atoms with Crippen LogP contribution in [0.15, 0.2) is 11.1 Å². The van der Waals surface area contributed by atoms with Crippen molar-refractivity contribution in [3.63, 3.8) is 0 Å². The lowest BCUT2D eigenvalue weighted by Gasteiger charge is -2.15. The Hall–Kier alpha value is -1.00. The van der Waals surface area contributed by atoms with Crippen molar-refractivity contribution in [1.29, 1.82) is 0 Å². The first-order valence-corrected chi connectivity index (χ1v) is 6.83. The Morgan fingerprint density at radius 1 is 1.37 bits per heavy atom. The lowest BCUT2D eigenvalue weighted by atomic mass is 10.1. The Morgan fingerprint density at radius 2 is 1.89 bits per heavy atom. The van der Waals surface area contributed by atoms with Crippen LogP contribution in [0.25, 0.3) is 0 Å². The summed E-state index contributed by atoms with van der Waals surface area (Å²) in [5, 5.41) is -1.17. The largest absolute Gasteiger partial charge is 0.433 e. The van der Waals surface area contributed by atoms with Crippen molar-refractivity contribution in [3.8, 4) is 0 Å². The minimum atomic E-state index is -5.26. The summed E-state index contributed by atoms with van der Waals surface area (Å²) < 4.78 is 85.1. The molecule has 0 fully saturated rings. The van der Waals surface area contributed by atoms with Gasteiger partial charge in [0, 0.05) is 17.2 Å². The molecular formula is C8H6ClF5N2O2S. The Balaban J connectivity index is 3.75. The van der Waals surface area contributed by atoms with E-state index in [1.54, 1.807) is 0 Å². The summed E-state index contributed by atoms with van der Waals surface area (Å²) >= 11 is 0. The van der Waals surface area contributed by atoms with Gasteiger partial charge >= 0.3 is 6.18 Å². The fourth-order valence-corrected chi connectivity index (χ4v) is 2.06. The third-order valence-corrected chi connectivity index (χ3v) is 3.26. The molecule has 11 heteroatoms. The SMILES string of the molecule is NCc1cc(S(=O)(=O)Cl)nc(C(F)(F)F)c1C(F)F. The quantitative estimate of drug-likeness (QED) is 0.684. The smallest absolute Gasteiger partial charge is 0.326 e. The molecule has 1 heterocycles. The van der Waals surface area contributed by atoms with Crippen LogP contribution < -0.4 is 5.73 Å². The van der Waals surface area contributed by atoms with E-state index in [1.807, 2.05) is 0 Å². The molecule has 0 radical (unpaired) electrons. The van der Waals surface area contributed by atoms with Gasteiger partial charge in [-0.1, -0.05) is 0 Å². The van der Waals surface area contributed by atoms with E-state index in [2.05, 4.69) is 4.98 Å². The number of pyridine rings is 1. The normalized spacial score (nSPS) is 13.1. The first kappa shape index (κ1) is 16.1. The lowest BCUT2D eigenvalue weighted by molar-refractivity contribution is -0.143. The standard InChI is InChI=1S/C8H6ClF5N2O2S/c9-19(17,18)4-1-3(2-15)5(7(10)11)6(16-4)8(12,13)14/h1,7H,2,15H2. The molecule has 4 nitrogen and oxygen atoms in total. The molecular weight excluding hydrogens is 319 g/mol. The van der Waals surface area contributed by atoms with Gasteiger partial charge in [0.15, 0.2) is 10.7 Å². The van der Waals surface area contributed by atoms with Gasteiger partial charge in [-0.15, -0.1) is 0 Å². The van der Waals surface area contributed by atoms with Crippen molar-refractivity contribution >= 4 is 19.7 Å². The molecule has 1 aromatic rings. The molecule has 1 rings (SSSR count). The molecule has 2 N–H and O–H groups in total. The number of aromatic nitrogens is 1. The van der Waals surface area contributed by atoms with Crippen LogP contribution in [-0.4, -0.2) is 13.4 Å². The highest BCUT2D eigenvalue weighted by Crippen LogP contribution is 2.38. The van der Waals surface area contributed by atoms with Crippen LogP contribution in [0.5, 0.6) is 0 Å². The molecule has 0 atom stereocenters. The molecule has 108 valence electrons. The predicted octanol–water partition coefficient (Wildman–Crippen LogP) is 2.42. The Bertz CT molecular complexity index is 588. The summed E-state index contributed by atoms with van der Waals surface area (Å²) in [7, 11) is 0.256. The summed E-state index contributed by atoms with van der Waals surface area (Å²) in [6.07, 6.45) is -8.76. The molecule has 0 bridgehead atoms. The van der Waals surface area contributed by atoms with Crippen molar-refractivity contribution in [1.82, 2.24) is 4.98 Å². The Kier molecular flexibility index (Phi) is 4.37. The second kappa shape index (κ2) is 5.17. The first-order chi connectivity index (χ1) is 8.48. The molecule has 0 saturated carbocycles. The third-order valence-electron chi connectivity index (χ3n) is 2.08. The van der Waals surface area contributed by atoms with E-state index >= 15 is 0 Å². The van der Waals surface area contributed by atoms with Crippen molar-refractivity contribution in [2.24, 2.45) is 5.73 Å². The van der Waals surface area contributed by atoms with Crippen LogP contribution in [0.1, 0.15) is 23.2 Å². The average molecular weight is 325 g/mol. The maximum absolute atomic E-state index is 12.7. The number of alkyl halides is 5. The highest BCUT2D eigenvalue weighted by Gasteiger charge is 2.40. The van der Waals surface area contributed by atoms with E-state index in [-0.39, 0.29) is 0 Å². The average Bonchev–Trinajstić information content (AvgIpc) is 2.24. The molecule has 0 spiro atoms. The first-order valence-electron chi connectivity index (χ1n) is 4.52. The molecule has 19 heavy (non-hydrogen) atoms. The van der Waals surface area contributed by atoms with E-state index < -0.39 is 50.0 Å². The van der Waals surface area contributed by atoms with Crippen molar-refractivity contribution < 1.29 is 30.4 Å². The molecule has 0 unspecified atom stereocenters. The molecule has 0 aliphatic carbocycles. The number of hydrogen-bond donors (Lipinski definition) is 1. The molecule has 0 saturated heterocycles. The zero-order valence-corrected chi connectivity index (χ0v) is 10.5. The Labute approximate surface area is 108 Å². The maximum Gasteiger partial charge on any atom is 0.433 e. The van der Waals surface area contributed by atoms with Crippen LogP contribution >= 0.6 is 10.7 Å². The van der Waals surface area contributed by atoms with Crippen molar-refractivity contribution in [2.75, 3.05) is 0 Å². The second-order valence-corrected chi connectivity index (χ2v) is 5.84. The monoisotopic (exact) mass is 324 g/mol. The van der Waals surface area contributed by atoms with Gasteiger partial charge in [0.05, 0.1) is 5.56 Å². The van der Waals surface area contributed by atoms with Crippen LogP contribution in [0.4, 0.5) is 22.0 Å². The van der Waals surface area contributed by atoms with Gasteiger partial charge in [-0.25, -0.2) is 22.2 Å². The summed E-state index contributed by atoms with van der Waals surface area (Å²) in [5.74, 6) is 0. The number of nitrogens with two attached hydrogens (primary N) is 1. The summed E-state index contributed by atoms with van der Waals surface area (Å²) in [6, 6.07) is 0.499. The number of nitrogens with zero attached hydrogens (tertiary/aromatic N) is 1. The van der Waals surface area contributed by atoms with E-state index in [1.165, 1.54) is 0 Å². The Morgan fingerprint density at radius 3 is 2.21 bits per heavy atom. The van der Waals surface area contributed by atoms with Crippen molar-refractivity contribution in [2.45, 2.75) is 24.2 Å². The second-order valence-electron chi connectivity index (χ2n) is 3.32. The zero-order chi connectivity index (χ0) is 15.0. The fraction of sp³-hybridized carbons (Fsp3) is 0.375. The fourth-order valence-electron chi connectivity index (χ4n) is 1.33. The van der Waals surface area contributed by atoms with Gasteiger partial charge in [-0.2, -0.15) is 13.2 Å². The van der Waals surface area contributed by atoms with Crippen LogP contribution in [0.3, 0.4) is 0 Å². The van der Waals surface area contributed by atoms with Gasteiger partial charge in [0.2, 0.25) is 0 Å². The lowest BCUT2D eigenvalue weighted by Crippen LogP contribution is -2.18.